The second kappa shape index (κ2) is 14.9. The highest BCUT2D eigenvalue weighted by Crippen LogP contribution is 2.40. The lowest BCUT2D eigenvalue weighted by Gasteiger charge is -2.43. The summed E-state index contributed by atoms with van der Waals surface area (Å²) >= 11 is 0. The zero-order chi connectivity index (χ0) is 32.6. The summed E-state index contributed by atoms with van der Waals surface area (Å²) in [5.41, 5.74) is 4.73. The number of likely N-dealkylation sites (tertiary alicyclic amines) is 1. The Morgan fingerprint density at radius 2 is 1.43 bits per heavy atom. The third-order valence-electron chi connectivity index (χ3n) is 9.77. The van der Waals surface area contributed by atoms with E-state index in [1.807, 2.05) is 90.4 Å². The minimum absolute atomic E-state index is 0.0727. The smallest absolute Gasteiger partial charge is 0.253 e. The topological polar surface area (TPSA) is 56.3 Å². The summed E-state index contributed by atoms with van der Waals surface area (Å²) in [5.74, 6) is 1.20. The highest BCUT2D eigenvalue weighted by molar-refractivity contribution is 5.94. The fourth-order valence-corrected chi connectivity index (χ4v) is 7.03. The molecule has 0 aromatic heterocycles. The number of ether oxygens (including phenoxy) is 1. The van der Waals surface area contributed by atoms with Gasteiger partial charge in [-0.2, -0.15) is 0 Å². The zero-order valence-corrected chi connectivity index (χ0v) is 27.7. The van der Waals surface area contributed by atoms with Crippen LogP contribution in [-0.4, -0.2) is 78.1 Å². The lowest BCUT2D eigenvalue weighted by Crippen LogP contribution is -2.56. The van der Waals surface area contributed by atoms with Gasteiger partial charge in [0.05, 0.1) is 6.67 Å². The molecule has 4 aromatic rings. The third kappa shape index (κ3) is 7.20. The zero-order valence-electron chi connectivity index (χ0n) is 27.7. The number of rotatable bonds is 12. The second-order valence-electron chi connectivity index (χ2n) is 12.6. The first-order valence-electron chi connectivity index (χ1n) is 17.0. The summed E-state index contributed by atoms with van der Waals surface area (Å²) in [4.78, 5) is 35.4. The van der Waals surface area contributed by atoms with E-state index in [4.69, 9.17) is 4.74 Å². The van der Waals surface area contributed by atoms with Crippen molar-refractivity contribution in [1.29, 1.82) is 0 Å². The number of carbonyl (C=O) groups excluding carboxylic acids is 2. The number of hydrogen-bond donors (Lipinski definition) is 0. The van der Waals surface area contributed by atoms with E-state index in [-0.39, 0.29) is 11.8 Å². The SMILES string of the molecule is CCN(CC)C(=O)c1ccc(Cc2ccccc2OCCN2CCC3(CC2)C(=O)N(Cc2ccccc2)CN3c2ccccc2)cc1. The minimum Gasteiger partial charge on any atom is -0.492 e. The van der Waals surface area contributed by atoms with E-state index in [9.17, 15) is 9.59 Å². The molecule has 2 amide bonds. The molecular formula is C40H46N4O3. The summed E-state index contributed by atoms with van der Waals surface area (Å²) in [5, 5.41) is 0. The van der Waals surface area contributed by atoms with E-state index in [1.165, 1.54) is 0 Å². The molecule has 6 rings (SSSR count). The Morgan fingerprint density at radius 3 is 2.11 bits per heavy atom. The van der Waals surface area contributed by atoms with Gasteiger partial charge in [-0.3, -0.25) is 14.5 Å². The predicted octanol–water partition coefficient (Wildman–Crippen LogP) is 6.48. The van der Waals surface area contributed by atoms with Gasteiger partial charge in [0.25, 0.3) is 5.91 Å². The number of para-hydroxylation sites is 2. The van der Waals surface area contributed by atoms with Crippen LogP contribution in [0.25, 0.3) is 0 Å². The predicted molar refractivity (Wildman–Crippen MR) is 188 cm³/mol. The molecule has 7 nitrogen and oxygen atoms in total. The van der Waals surface area contributed by atoms with Crippen molar-refractivity contribution in [3.8, 4) is 5.75 Å². The van der Waals surface area contributed by atoms with Gasteiger partial charge in [0, 0.05) is 56.9 Å². The van der Waals surface area contributed by atoms with Crippen molar-refractivity contribution in [2.24, 2.45) is 0 Å². The van der Waals surface area contributed by atoms with Crippen molar-refractivity contribution in [1.82, 2.24) is 14.7 Å². The molecule has 244 valence electrons. The Bertz CT molecular complexity index is 1610. The van der Waals surface area contributed by atoms with Crippen LogP contribution in [0.1, 0.15) is 53.7 Å². The van der Waals surface area contributed by atoms with E-state index in [1.54, 1.807) is 0 Å². The molecule has 47 heavy (non-hydrogen) atoms. The largest absolute Gasteiger partial charge is 0.492 e. The standard InChI is InChI=1S/C40H46N4O3/c1-3-42(4-2)38(45)34-21-19-32(20-22-34)29-35-15-11-12-18-37(35)47-28-27-41-25-23-40(24-26-41)39(46)43(30-33-13-7-5-8-14-33)31-44(40)36-16-9-6-10-17-36/h5-22H,3-4,23-31H2,1-2H3. The van der Waals surface area contributed by atoms with Crippen LogP contribution in [0.3, 0.4) is 0 Å². The third-order valence-corrected chi connectivity index (χ3v) is 9.77. The van der Waals surface area contributed by atoms with Crippen LogP contribution in [0.5, 0.6) is 5.75 Å². The Hall–Kier alpha value is -4.62. The molecule has 0 aliphatic carbocycles. The number of benzene rings is 4. The molecule has 1 spiro atoms. The summed E-state index contributed by atoms with van der Waals surface area (Å²) < 4.78 is 6.36. The van der Waals surface area contributed by atoms with Gasteiger partial charge in [0.15, 0.2) is 0 Å². The number of carbonyl (C=O) groups is 2. The van der Waals surface area contributed by atoms with Crippen LogP contribution in [0.2, 0.25) is 0 Å². The van der Waals surface area contributed by atoms with E-state index in [2.05, 4.69) is 52.3 Å². The van der Waals surface area contributed by atoms with Crippen LogP contribution in [0, 0.1) is 0 Å². The van der Waals surface area contributed by atoms with Gasteiger partial charge in [-0.1, -0.05) is 78.9 Å². The Balaban J connectivity index is 1.06. The van der Waals surface area contributed by atoms with Crippen molar-refractivity contribution in [3.63, 3.8) is 0 Å². The van der Waals surface area contributed by atoms with Gasteiger partial charge in [0.2, 0.25) is 5.91 Å². The quantitative estimate of drug-likeness (QED) is 0.179. The normalized spacial score (nSPS) is 16.1. The van der Waals surface area contributed by atoms with Gasteiger partial charge in [-0.25, -0.2) is 0 Å². The minimum atomic E-state index is -0.522. The molecule has 2 heterocycles. The average Bonchev–Trinajstić information content (AvgIpc) is 3.37. The maximum Gasteiger partial charge on any atom is 0.253 e. The average molecular weight is 631 g/mol. The molecule has 2 aliphatic rings. The monoisotopic (exact) mass is 630 g/mol. The van der Waals surface area contributed by atoms with Crippen LogP contribution >= 0.6 is 0 Å². The van der Waals surface area contributed by atoms with Crippen LogP contribution in [-0.2, 0) is 17.8 Å². The number of piperidine rings is 1. The highest BCUT2D eigenvalue weighted by Gasteiger charge is 2.53. The highest BCUT2D eigenvalue weighted by atomic mass is 16.5. The molecule has 0 saturated carbocycles. The Labute approximate surface area is 279 Å². The Morgan fingerprint density at radius 1 is 0.787 bits per heavy atom. The molecular weight excluding hydrogens is 584 g/mol. The van der Waals surface area contributed by atoms with E-state index in [0.717, 1.165) is 72.6 Å². The molecule has 7 heteroatoms. The van der Waals surface area contributed by atoms with Crippen molar-refractivity contribution in [2.75, 3.05) is 50.9 Å². The molecule has 2 fully saturated rings. The second-order valence-corrected chi connectivity index (χ2v) is 12.6. The summed E-state index contributed by atoms with van der Waals surface area (Å²) in [6.07, 6.45) is 2.31. The van der Waals surface area contributed by atoms with E-state index in [0.29, 0.717) is 32.9 Å². The summed E-state index contributed by atoms with van der Waals surface area (Å²) in [6.45, 7) is 9.73. The first-order chi connectivity index (χ1) is 23.0. The maximum atomic E-state index is 14.1. The molecule has 2 aliphatic heterocycles. The molecule has 0 N–H and O–H groups in total. The van der Waals surface area contributed by atoms with E-state index < -0.39 is 5.54 Å². The van der Waals surface area contributed by atoms with Crippen LogP contribution in [0.4, 0.5) is 5.69 Å². The summed E-state index contributed by atoms with van der Waals surface area (Å²) in [7, 11) is 0. The number of anilines is 1. The molecule has 0 unspecified atom stereocenters. The van der Waals surface area contributed by atoms with Crippen molar-refractivity contribution in [2.45, 2.75) is 45.2 Å². The molecule has 4 aromatic carbocycles. The lowest BCUT2D eigenvalue weighted by atomic mass is 9.85. The lowest BCUT2D eigenvalue weighted by molar-refractivity contribution is -0.134. The van der Waals surface area contributed by atoms with Gasteiger partial charge in [-0.05, 0) is 73.7 Å². The fourth-order valence-electron chi connectivity index (χ4n) is 7.03. The van der Waals surface area contributed by atoms with Crippen LogP contribution < -0.4 is 9.64 Å². The first-order valence-corrected chi connectivity index (χ1v) is 17.0. The maximum absolute atomic E-state index is 14.1. The molecule has 0 atom stereocenters. The van der Waals surface area contributed by atoms with Crippen LogP contribution in [0.15, 0.2) is 109 Å². The van der Waals surface area contributed by atoms with Crippen molar-refractivity contribution >= 4 is 17.5 Å². The van der Waals surface area contributed by atoms with Gasteiger partial charge in [-0.15, -0.1) is 0 Å². The van der Waals surface area contributed by atoms with Crippen molar-refractivity contribution < 1.29 is 14.3 Å². The Kier molecular flexibility index (Phi) is 10.2. The number of amides is 2. The summed E-state index contributed by atoms with van der Waals surface area (Å²) in [6, 6.07) is 36.8. The molecule has 2 saturated heterocycles. The molecule has 0 bridgehead atoms. The number of nitrogens with zero attached hydrogens (tertiary/aromatic N) is 4. The van der Waals surface area contributed by atoms with Gasteiger partial charge in [0.1, 0.15) is 17.9 Å². The van der Waals surface area contributed by atoms with Gasteiger partial charge < -0.3 is 19.4 Å². The van der Waals surface area contributed by atoms with E-state index >= 15 is 0 Å². The van der Waals surface area contributed by atoms with Crippen molar-refractivity contribution in [3.05, 3.63) is 131 Å². The first kappa shape index (κ1) is 32.3. The number of hydrogen-bond acceptors (Lipinski definition) is 5. The fraction of sp³-hybridized carbons (Fsp3) is 0.350. The molecule has 0 radical (unpaired) electrons. The van der Waals surface area contributed by atoms with Gasteiger partial charge >= 0.3 is 0 Å².